The molecule has 7 nitrogen and oxygen atoms in total. The number of carbonyl (C=O) groups excluding carboxylic acids is 1. The van der Waals surface area contributed by atoms with E-state index in [2.05, 4.69) is 10.4 Å². The maximum absolute atomic E-state index is 11.9. The van der Waals surface area contributed by atoms with Gasteiger partial charge in [0.05, 0.1) is 12.0 Å². The second kappa shape index (κ2) is 5.82. The minimum Gasteiger partial charge on any atom is -0.481 e. The van der Waals surface area contributed by atoms with Crippen molar-refractivity contribution in [1.82, 2.24) is 15.1 Å². The number of carboxylic acids is 1. The van der Waals surface area contributed by atoms with Crippen LogP contribution < -0.4 is 5.32 Å². The molecule has 112 valence electrons. The summed E-state index contributed by atoms with van der Waals surface area (Å²) >= 11 is 0. The molecule has 1 amide bonds. The molecule has 2 rings (SSSR count). The molecule has 0 atom stereocenters. The zero-order chi connectivity index (χ0) is 15.5. The first-order valence-electron chi connectivity index (χ1n) is 6.46. The van der Waals surface area contributed by atoms with E-state index in [1.807, 2.05) is 0 Å². The zero-order valence-corrected chi connectivity index (χ0v) is 11.9. The van der Waals surface area contributed by atoms with Gasteiger partial charge in [-0.1, -0.05) is 0 Å². The summed E-state index contributed by atoms with van der Waals surface area (Å²) in [6.45, 7) is 3.54. The maximum atomic E-state index is 11.9. The quantitative estimate of drug-likeness (QED) is 0.837. The van der Waals surface area contributed by atoms with Gasteiger partial charge in [0.25, 0.3) is 5.91 Å². The van der Waals surface area contributed by atoms with Crippen molar-refractivity contribution >= 4 is 11.9 Å². The number of furan rings is 1. The van der Waals surface area contributed by atoms with Gasteiger partial charge in [-0.2, -0.15) is 5.10 Å². The Kier molecular flexibility index (Phi) is 4.11. The normalized spacial score (nSPS) is 11.3. The van der Waals surface area contributed by atoms with E-state index in [0.29, 0.717) is 12.3 Å². The van der Waals surface area contributed by atoms with Crippen molar-refractivity contribution in [3.05, 3.63) is 42.1 Å². The van der Waals surface area contributed by atoms with Crippen LogP contribution >= 0.6 is 0 Å². The molecule has 0 saturated carbocycles. The summed E-state index contributed by atoms with van der Waals surface area (Å²) in [6.07, 6.45) is 3.45. The second-order valence-electron chi connectivity index (χ2n) is 5.34. The van der Waals surface area contributed by atoms with Crippen molar-refractivity contribution < 1.29 is 19.1 Å². The van der Waals surface area contributed by atoms with Crippen molar-refractivity contribution in [1.29, 1.82) is 0 Å². The van der Waals surface area contributed by atoms with Gasteiger partial charge >= 0.3 is 5.97 Å². The number of hydrogen-bond donors (Lipinski definition) is 2. The van der Waals surface area contributed by atoms with E-state index in [4.69, 9.17) is 9.52 Å². The summed E-state index contributed by atoms with van der Waals surface area (Å²) in [6, 6.07) is 5.05. The molecule has 0 aliphatic carbocycles. The van der Waals surface area contributed by atoms with E-state index < -0.39 is 17.3 Å². The van der Waals surface area contributed by atoms with Crippen LogP contribution in [0.3, 0.4) is 0 Å². The molecule has 7 heteroatoms. The number of nitrogens with one attached hydrogen (secondary N) is 1. The summed E-state index contributed by atoms with van der Waals surface area (Å²) in [5.41, 5.74) is -1.03. The average molecular weight is 291 g/mol. The zero-order valence-electron chi connectivity index (χ0n) is 11.9. The average Bonchev–Trinajstić information content (AvgIpc) is 3.08. The number of aliphatic carboxylic acids is 1. The maximum Gasteiger partial charge on any atom is 0.310 e. The third kappa shape index (κ3) is 3.71. The Morgan fingerprint density at radius 1 is 1.43 bits per heavy atom. The summed E-state index contributed by atoms with van der Waals surface area (Å²) in [7, 11) is 0. The van der Waals surface area contributed by atoms with Crippen LogP contribution in [0.15, 0.2) is 35.0 Å². The predicted octanol–water partition coefficient (Wildman–Crippen LogP) is 1.37. The molecule has 21 heavy (non-hydrogen) atoms. The van der Waals surface area contributed by atoms with Crippen molar-refractivity contribution in [3.63, 3.8) is 0 Å². The molecule has 2 N–H and O–H groups in total. The largest absolute Gasteiger partial charge is 0.481 e. The first-order valence-corrected chi connectivity index (χ1v) is 6.46. The van der Waals surface area contributed by atoms with Crippen LogP contribution in [0, 0.1) is 5.41 Å². The molecule has 2 aromatic heterocycles. The topological polar surface area (TPSA) is 97.4 Å². The highest BCUT2D eigenvalue weighted by Gasteiger charge is 2.28. The van der Waals surface area contributed by atoms with Gasteiger partial charge in [-0.25, -0.2) is 0 Å². The number of hydrogen-bond acceptors (Lipinski definition) is 4. The number of rotatable bonds is 6. The lowest BCUT2D eigenvalue weighted by Crippen LogP contribution is -2.38. The Bertz CT molecular complexity index is 628. The van der Waals surface area contributed by atoms with E-state index in [1.165, 1.54) is 0 Å². The molecule has 0 radical (unpaired) electrons. The van der Waals surface area contributed by atoms with Gasteiger partial charge < -0.3 is 14.8 Å². The Morgan fingerprint density at radius 3 is 2.81 bits per heavy atom. The molecule has 0 saturated heterocycles. The molecule has 0 aromatic carbocycles. The number of nitrogens with zero attached hydrogens (tertiary/aromatic N) is 2. The fraction of sp³-hybridized carbons (Fsp3) is 0.357. The van der Waals surface area contributed by atoms with Crippen LogP contribution in [0.5, 0.6) is 0 Å². The summed E-state index contributed by atoms with van der Waals surface area (Å²) < 4.78 is 7.10. The van der Waals surface area contributed by atoms with E-state index >= 15 is 0 Å². The molecule has 2 aromatic rings. The Hall–Kier alpha value is -2.57. The minimum atomic E-state index is -1.03. The lowest BCUT2D eigenvalue weighted by atomic mass is 9.94. The third-order valence-electron chi connectivity index (χ3n) is 3.03. The first-order chi connectivity index (χ1) is 9.88. The van der Waals surface area contributed by atoms with Gasteiger partial charge in [-0.05, 0) is 32.0 Å². The van der Waals surface area contributed by atoms with E-state index in [0.717, 1.165) is 0 Å². The second-order valence-corrected chi connectivity index (χ2v) is 5.34. The van der Waals surface area contributed by atoms with Crippen LogP contribution in [0.25, 0.3) is 0 Å². The minimum absolute atomic E-state index is 0.0242. The monoisotopic (exact) mass is 291 g/mol. The smallest absolute Gasteiger partial charge is 0.310 e. The number of aromatic nitrogens is 2. The van der Waals surface area contributed by atoms with Gasteiger partial charge in [-0.15, -0.1) is 0 Å². The van der Waals surface area contributed by atoms with Crippen LogP contribution in [-0.4, -0.2) is 33.3 Å². The lowest BCUT2D eigenvalue weighted by molar-refractivity contribution is -0.146. The van der Waals surface area contributed by atoms with Gasteiger partial charge in [0, 0.05) is 18.9 Å². The van der Waals surface area contributed by atoms with Crippen molar-refractivity contribution in [2.75, 3.05) is 6.54 Å². The molecule has 0 bridgehead atoms. The number of carboxylic acid groups (broad SMARTS) is 1. The molecule has 0 aliphatic rings. The summed E-state index contributed by atoms with van der Waals surface area (Å²) in [4.78, 5) is 22.9. The van der Waals surface area contributed by atoms with Gasteiger partial charge in [0.2, 0.25) is 0 Å². The Balaban J connectivity index is 1.94. The molecule has 0 aliphatic heterocycles. The molecule has 0 unspecified atom stereocenters. The standard InChI is InChI=1S/C14H17N3O4/c1-14(2,13(19)20)9-15-12(18)11-5-4-10(21-11)8-17-7-3-6-16-17/h3-7H,8-9H2,1-2H3,(H,15,18)(H,19,20). The third-order valence-corrected chi connectivity index (χ3v) is 3.03. The van der Waals surface area contributed by atoms with E-state index in [9.17, 15) is 9.59 Å². The van der Waals surface area contributed by atoms with Gasteiger partial charge in [0.15, 0.2) is 5.76 Å². The molecule has 0 fully saturated rings. The van der Waals surface area contributed by atoms with Crippen molar-refractivity contribution in [2.24, 2.45) is 5.41 Å². The van der Waals surface area contributed by atoms with Crippen LogP contribution in [0.2, 0.25) is 0 Å². The number of amides is 1. The van der Waals surface area contributed by atoms with Crippen LogP contribution in [0.1, 0.15) is 30.2 Å². The van der Waals surface area contributed by atoms with Crippen LogP contribution in [-0.2, 0) is 11.3 Å². The Labute approximate surface area is 121 Å². The molecule has 0 spiro atoms. The fourth-order valence-electron chi connectivity index (χ4n) is 1.60. The highest BCUT2D eigenvalue weighted by atomic mass is 16.4. The summed E-state index contributed by atoms with van der Waals surface area (Å²) in [5, 5.41) is 15.6. The van der Waals surface area contributed by atoms with E-state index in [1.54, 1.807) is 49.1 Å². The Morgan fingerprint density at radius 2 is 2.19 bits per heavy atom. The summed E-state index contributed by atoms with van der Waals surface area (Å²) in [5.74, 6) is -0.655. The molecular weight excluding hydrogens is 274 g/mol. The van der Waals surface area contributed by atoms with E-state index in [-0.39, 0.29) is 12.3 Å². The van der Waals surface area contributed by atoms with Crippen molar-refractivity contribution in [3.8, 4) is 0 Å². The fourth-order valence-corrected chi connectivity index (χ4v) is 1.60. The highest BCUT2D eigenvalue weighted by Crippen LogP contribution is 2.14. The lowest BCUT2D eigenvalue weighted by Gasteiger charge is -2.18. The van der Waals surface area contributed by atoms with Gasteiger partial charge in [-0.3, -0.25) is 14.3 Å². The highest BCUT2D eigenvalue weighted by molar-refractivity contribution is 5.91. The van der Waals surface area contributed by atoms with Gasteiger partial charge in [0.1, 0.15) is 5.76 Å². The van der Waals surface area contributed by atoms with Crippen molar-refractivity contribution in [2.45, 2.75) is 20.4 Å². The SMILES string of the molecule is CC(C)(CNC(=O)c1ccc(Cn2cccn2)o1)C(=O)O. The molecule has 2 heterocycles. The first kappa shape index (κ1) is 14.8. The van der Waals surface area contributed by atoms with Crippen LogP contribution in [0.4, 0.5) is 0 Å². The number of carbonyl (C=O) groups is 2. The molecular formula is C14H17N3O4. The predicted molar refractivity (Wildman–Crippen MR) is 73.8 cm³/mol.